The van der Waals surface area contributed by atoms with Crippen molar-refractivity contribution in [2.24, 2.45) is 0 Å². The number of hydrogen-bond acceptors (Lipinski definition) is 6. The highest BCUT2D eigenvalue weighted by Gasteiger charge is 2.16. The van der Waals surface area contributed by atoms with Crippen molar-refractivity contribution in [3.63, 3.8) is 0 Å². The van der Waals surface area contributed by atoms with Crippen molar-refractivity contribution in [1.82, 2.24) is 20.0 Å². The number of esters is 1. The van der Waals surface area contributed by atoms with Gasteiger partial charge in [0.1, 0.15) is 5.01 Å². The monoisotopic (exact) mass is 280 g/mol. The number of hydrogen-bond donors (Lipinski definition) is 0. The summed E-state index contributed by atoms with van der Waals surface area (Å²) < 4.78 is 6.44. The van der Waals surface area contributed by atoms with Crippen LogP contribution in [-0.4, -0.2) is 33.1 Å². The highest BCUT2D eigenvalue weighted by Crippen LogP contribution is 2.21. The predicted molar refractivity (Wildman–Crippen MR) is 71.6 cm³/mol. The van der Waals surface area contributed by atoms with E-state index >= 15 is 0 Å². The zero-order chi connectivity index (χ0) is 14.0. The summed E-state index contributed by atoms with van der Waals surface area (Å²) in [5, 5.41) is 14.2. The largest absolute Gasteiger partial charge is 0.469 e. The second-order valence-electron chi connectivity index (χ2n) is 4.24. The Hall–Kier alpha value is -1.76. The lowest BCUT2D eigenvalue weighted by molar-refractivity contribution is -0.140. The highest BCUT2D eigenvalue weighted by atomic mass is 32.1. The maximum atomic E-state index is 11.2. The minimum absolute atomic E-state index is 0.210. The van der Waals surface area contributed by atoms with Gasteiger partial charge in [-0.15, -0.1) is 10.2 Å². The molecular weight excluding hydrogens is 264 g/mol. The molecule has 0 bridgehead atoms. The minimum Gasteiger partial charge on any atom is -0.469 e. The van der Waals surface area contributed by atoms with Gasteiger partial charge in [-0.05, 0) is 32.8 Å². The number of carbonyl (C=O) groups is 1. The van der Waals surface area contributed by atoms with Crippen molar-refractivity contribution in [2.75, 3.05) is 7.11 Å². The molecule has 7 heteroatoms. The Labute approximate surface area is 115 Å². The summed E-state index contributed by atoms with van der Waals surface area (Å²) in [6, 6.07) is 0. The van der Waals surface area contributed by atoms with Crippen molar-refractivity contribution >= 4 is 17.3 Å². The molecule has 0 aliphatic carbocycles. The van der Waals surface area contributed by atoms with E-state index in [1.54, 1.807) is 4.68 Å². The molecule has 0 aromatic carbocycles. The SMILES string of the molecule is COC(=O)CCc1c(C)nn(-c2nnc(C)s2)c1C. The first kappa shape index (κ1) is 13.7. The van der Waals surface area contributed by atoms with E-state index in [1.807, 2.05) is 20.8 Å². The topological polar surface area (TPSA) is 69.9 Å². The van der Waals surface area contributed by atoms with Crippen LogP contribution in [0.15, 0.2) is 0 Å². The van der Waals surface area contributed by atoms with E-state index in [4.69, 9.17) is 0 Å². The van der Waals surface area contributed by atoms with Crippen LogP contribution < -0.4 is 0 Å². The summed E-state index contributed by atoms with van der Waals surface area (Å²) in [5.41, 5.74) is 2.98. The van der Waals surface area contributed by atoms with E-state index in [1.165, 1.54) is 18.4 Å². The van der Waals surface area contributed by atoms with E-state index in [9.17, 15) is 4.79 Å². The molecule has 2 heterocycles. The molecule has 0 amide bonds. The van der Waals surface area contributed by atoms with Crippen molar-refractivity contribution in [3.05, 3.63) is 22.0 Å². The molecule has 0 N–H and O–H groups in total. The number of rotatable bonds is 4. The standard InChI is InChI=1S/C12H16N4O2S/c1-7-10(5-6-11(17)18-4)8(2)16(15-7)12-14-13-9(3)19-12/h5-6H2,1-4H3. The van der Waals surface area contributed by atoms with E-state index in [2.05, 4.69) is 20.0 Å². The lowest BCUT2D eigenvalue weighted by atomic mass is 10.1. The highest BCUT2D eigenvalue weighted by molar-refractivity contribution is 7.13. The van der Waals surface area contributed by atoms with Gasteiger partial charge in [-0.2, -0.15) is 5.10 Å². The fourth-order valence-electron chi connectivity index (χ4n) is 1.92. The van der Waals surface area contributed by atoms with Crippen molar-refractivity contribution in [2.45, 2.75) is 33.6 Å². The van der Waals surface area contributed by atoms with Gasteiger partial charge < -0.3 is 4.74 Å². The molecule has 0 fully saturated rings. The minimum atomic E-state index is -0.210. The zero-order valence-electron chi connectivity index (χ0n) is 11.4. The zero-order valence-corrected chi connectivity index (χ0v) is 12.2. The molecule has 2 aromatic heterocycles. The van der Waals surface area contributed by atoms with E-state index < -0.39 is 0 Å². The van der Waals surface area contributed by atoms with Gasteiger partial charge in [0.05, 0.1) is 12.8 Å². The summed E-state index contributed by atoms with van der Waals surface area (Å²) in [6.07, 6.45) is 0.987. The normalized spacial score (nSPS) is 10.7. The quantitative estimate of drug-likeness (QED) is 0.798. The molecule has 0 atom stereocenters. The van der Waals surface area contributed by atoms with Crippen LogP contribution in [0.5, 0.6) is 0 Å². The first-order chi connectivity index (χ1) is 9.02. The summed E-state index contributed by atoms with van der Waals surface area (Å²) in [4.78, 5) is 11.2. The van der Waals surface area contributed by atoms with Crippen LogP contribution in [0.1, 0.15) is 28.4 Å². The van der Waals surface area contributed by atoms with E-state index in [-0.39, 0.29) is 5.97 Å². The Morgan fingerprint density at radius 3 is 2.63 bits per heavy atom. The Morgan fingerprint density at radius 2 is 2.05 bits per heavy atom. The van der Waals surface area contributed by atoms with Crippen LogP contribution in [0.3, 0.4) is 0 Å². The fourth-order valence-corrected chi connectivity index (χ4v) is 2.62. The molecule has 0 aliphatic heterocycles. The first-order valence-corrected chi connectivity index (χ1v) is 6.77. The fraction of sp³-hybridized carbons (Fsp3) is 0.500. The average Bonchev–Trinajstić information content (AvgIpc) is 2.92. The molecule has 6 nitrogen and oxygen atoms in total. The lowest BCUT2D eigenvalue weighted by Gasteiger charge is -2.01. The first-order valence-electron chi connectivity index (χ1n) is 5.95. The molecule has 0 saturated heterocycles. The predicted octanol–water partition coefficient (Wildman–Crippen LogP) is 1.75. The van der Waals surface area contributed by atoms with E-state index in [0.717, 1.165) is 27.1 Å². The number of aromatic nitrogens is 4. The molecule has 0 unspecified atom stereocenters. The third-order valence-electron chi connectivity index (χ3n) is 2.94. The molecule has 0 aliphatic rings. The number of methoxy groups -OCH3 is 1. The Balaban J connectivity index is 2.27. The van der Waals surface area contributed by atoms with Gasteiger partial charge in [-0.3, -0.25) is 4.79 Å². The van der Waals surface area contributed by atoms with Crippen LogP contribution >= 0.6 is 11.3 Å². The van der Waals surface area contributed by atoms with Crippen molar-refractivity contribution in [1.29, 1.82) is 0 Å². The van der Waals surface area contributed by atoms with Crippen LogP contribution in [0, 0.1) is 20.8 Å². The van der Waals surface area contributed by atoms with Gasteiger partial charge in [-0.1, -0.05) is 11.3 Å². The van der Waals surface area contributed by atoms with Crippen molar-refractivity contribution < 1.29 is 9.53 Å². The second-order valence-corrected chi connectivity index (χ2v) is 5.40. The molecule has 19 heavy (non-hydrogen) atoms. The average molecular weight is 280 g/mol. The van der Waals surface area contributed by atoms with Gasteiger partial charge in [-0.25, -0.2) is 4.68 Å². The van der Waals surface area contributed by atoms with Gasteiger partial charge in [0.25, 0.3) is 0 Å². The second kappa shape index (κ2) is 5.48. The summed E-state index contributed by atoms with van der Waals surface area (Å²) in [7, 11) is 1.40. The number of nitrogens with zero attached hydrogens (tertiary/aromatic N) is 4. The van der Waals surface area contributed by atoms with Gasteiger partial charge in [0, 0.05) is 12.1 Å². The van der Waals surface area contributed by atoms with Gasteiger partial charge in [0.2, 0.25) is 5.13 Å². The lowest BCUT2D eigenvalue weighted by Crippen LogP contribution is -2.03. The van der Waals surface area contributed by atoms with Gasteiger partial charge >= 0.3 is 5.97 Å². The Bertz CT molecular complexity index is 603. The smallest absolute Gasteiger partial charge is 0.305 e. The van der Waals surface area contributed by atoms with Crippen LogP contribution in [0.4, 0.5) is 0 Å². The van der Waals surface area contributed by atoms with Gasteiger partial charge in [0.15, 0.2) is 0 Å². The maximum absolute atomic E-state index is 11.2. The number of aryl methyl sites for hydroxylation is 2. The Morgan fingerprint density at radius 1 is 1.32 bits per heavy atom. The molecule has 2 rings (SSSR count). The molecule has 2 aromatic rings. The number of ether oxygens (including phenoxy) is 1. The molecule has 0 spiro atoms. The third-order valence-corrected chi connectivity index (χ3v) is 3.76. The van der Waals surface area contributed by atoms with Crippen LogP contribution in [0.25, 0.3) is 5.13 Å². The number of carbonyl (C=O) groups excluding carboxylic acids is 1. The summed E-state index contributed by atoms with van der Waals surface area (Å²) in [5.74, 6) is -0.210. The third kappa shape index (κ3) is 2.81. The maximum Gasteiger partial charge on any atom is 0.305 e. The molecule has 0 radical (unpaired) electrons. The molecular formula is C12H16N4O2S. The van der Waals surface area contributed by atoms with Crippen LogP contribution in [-0.2, 0) is 16.0 Å². The van der Waals surface area contributed by atoms with Crippen molar-refractivity contribution in [3.8, 4) is 5.13 Å². The molecule has 102 valence electrons. The molecule has 0 saturated carbocycles. The summed E-state index contributed by atoms with van der Waals surface area (Å²) >= 11 is 1.49. The Kier molecular flexibility index (Phi) is 3.94. The van der Waals surface area contributed by atoms with E-state index in [0.29, 0.717) is 12.8 Å². The summed E-state index contributed by atoms with van der Waals surface area (Å²) in [6.45, 7) is 5.82. The van der Waals surface area contributed by atoms with Crippen LogP contribution in [0.2, 0.25) is 0 Å².